The first-order chi connectivity index (χ1) is 15.4. The number of benzene rings is 2. The molecule has 5 rings (SSSR count). The van der Waals surface area contributed by atoms with Crippen LogP contribution in [-0.2, 0) is 11.3 Å². The van der Waals surface area contributed by atoms with Gasteiger partial charge in [0, 0.05) is 0 Å². The number of furan rings is 1. The minimum Gasteiger partial charge on any atom is -0.503 e. The first-order valence-electron chi connectivity index (χ1n) is 9.96. The van der Waals surface area contributed by atoms with E-state index in [0.717, 1.165) is 11.0 Å². The van der Waals surface area contributed by atoms with Crippen LogP contribution in [0.15, 0.2) is 76.4 Å². The molecule has 1 atom stereocenters. The Morgan fingerprint density at radius 3 is 2.59 bits per heavy atom. The van der Waals surface area contributed by atoms with Gasteiger partial charge in [-0.25, -0.2) is 9.37 Å². The van der Waals surface area contributed by atoms with E-state index in [1.165, 1.54) is 35.2 Å². The van der Waals surface area contributed by atoms with E-state index in [4.69, 9.17) is 4.42 Å². The smallest absolute Gasteiger partial charge is 0.290 e. The second-order valence-electron chi connectivity index (χ2n) is 7.59. The summed E-state index contributed by atoms with van der Waals surface area (Å²) < 4.78 is 19.0. The Kier molecular flexibility index (Phi) is 4.62. The number of nitrogens with one attached hydrogen (secondary N) is 1. The lowest BCUT2D eigenvalue weighted by Crippen LogP contribution is -2.31. The van der Waals surface area contributed by atoms with Crippen LogP contribution in [0.5, 0.6) is 0 Å². The van der Waals surface area contributed by atoms with Crippen LogP contribution in [0.3, 0.4) is 0 Å². The van der Waals surface area contributed by atoms with E-state index in [9.17, 15) is 19.1 Å². The van der Waals surface area contributed by atoms with Gasteiger partial charge in [-0.05, 0) is 48.9 Å². The molecule has 8 heteroatoms. The second-order valence-corrected chi connectivity index (χ2v) is 7.59. The van der Waals surface area contributed by atoms with Crippen molar-refractivity contribution in [1.29, 1.82) is 0 Å². The third-order valence-corrected chi connectivity index (χ3v) is 5.46. The maximum absolute atomic E-state index is 13.6. The SMILES string of the molecule is Cc1ccc(C(=O)C2=C(O)C(=O)N(Cc3nc4ccccc4[nH]3)C2c2ccc(F)cc2)o1. The number of carbonyl (C=O) groups excluding carboxylic acids is 2. The highest BCUT2D eigenvalue weighted by molar-refractivity contribution is 6.15. The Hall–Kier alpha value is -4.20. The molecule has 2 aromatic carbocycles. The number of ketones is 1. The number of hydrogen-bond acceptors (Lipinski definition) is 5. The molecule has 0 spiro atoms. The van der Waals surface area contributed by atoms with Crippen molar-refractivity contribution >= 4 is 22.7 Å². The van der Waals surface area contributed by atoms with Gasteiger partial charge in [-0.3, -0.25) is 9.59 Å². The fraction of sp³-hybridized carbons (Fsp3) is 0.125. The number of amides is 1. The topological polar surface area (TPSA) is 99.4 Å². The van der Waals surface area contributed by atoms with Gasteiger partial charge in [0.1, 0.15) is 17.4 Å². The molecule has 1 aliphatic heterocycles. The maximum Gasteiger partial charge on any atom is 0.290 e. The van der Waals surface area contributed by atoms with Crippen LogP contribution in [0.4, 0.5) is 4.39 Å². The van der Waals surface area contributed by atoms with E-state index in [0.29, 0.717) is 17.1 Å². The first kappa shape index (κ1) is 19.7. The molecule has 2 aromatic heterocycles. The summed E-state index contributed by atoms with van der Waals surface area (Å²) in [4.78, 5) is 35.2. The van der Waals surface area contributed by atoms with E-state index in [1.807, 2.05) is 24.3 Å². The van der Waals surface area contributed by atoms with Gasteiger partial charge < -0.3 is 19.4 Å². The van der Waals surface area contributed by atoms with Gasteiger partial charge in [-0.1, -0.05) is 24.3 Å². The molecule has 0 saturated carbocycles. The molecule has 1 unspecified atom stereocenters. The number of fused-ring (bicyclic) bond motifs is 1. The molecular formula is C24H18FN3O4. The summed E-state index contributed by atoms with van der Waals surface area (Å²) >= 11 is 0. The number of aryl methyl sites for hydroxylation is 1. The van der Waals surface area contributed by atoms with E-state index in [-0.39, 0.29) is 17.9 Å². The quantitative estimate of drug-likeness (QED) is 0.457. The number of rotatable bonds is 5. The summed E-state index contributed by atoms with van der Waals surface area (Å²) in [7, 11) is 0. The van der Waals surface area contributed by atoms with E-state index >= 15 is 0 Å². The molecule has 2 N–H and O–H groups in total. The minimum atomic E-state index is -0.936. The van der Waals surface area contributed by atoms with Crippen LogP contribution < -0.4 is 0 Å². The molecule has 1 aliphatic rings. The average molecular weight is 431 g/mol. The van der Waals surface area contributed by atoms with Gasteiger partial charge in [0.2, 0.25) is 5.78 Å². The Morgan fingerprint density at radius 1 is 1.16 bits per heavy atom. The van der Waals surface area contributed by atoms with Crippen molar-refractivity contribution in [2.45, 2.75) is 19.5 Å². The molecule has 1 amide bonds. The monoisotopic (exact) mass is 431 g/mol. The number of Topliss-reactive ketones (excluding diaryl/α,β-unsaturated/α-hetero) is 1. The number of aliphatic hydroxyl groups is 1. The highest BCUT2D eigenvalue weighted by atomic mass is 19.1. The summed E-state index contributed by atoms with van der Waals surface area (Å²) in [6, 6.07) is 15.0. The summed E-state index contributed by atoms with van der Waals surface area (Å²) in [5.41, 5.74) is 1.89. The Bertz CT molecular complexity index is 1350. The molecule has 0 radical (unpaired) electrons. The number of H-pyrrole nitrogens is 1. The number of imidazole rings is 1. The van der Waals surface area contributed by atoms with Crippen molar-refractivity contribution in [3.8, 4) is 0 Å². The van der Waals surface area contributed by atoms with Crippen molar-refractivity contribution < 1.29 is 23.5 Å². The normalized spacial score (nSPS) is 16.4. The van der Waals surface area contributed by atoms with Crippen LogP contribution in [0.25, 0.3) is 11.0 Å². The van der Waals surface area contributed by atoms with Crippen LogP contribution in [0, 0.1) is 12.7 Å². The van der Waals surface area contributed by atoms with E-state index < -0.39 is 29.3 Å². The number of aromatic nitrogens is 2. The number of carbonyl (C=O) groups is 2. The van der Waals surface area contributed by atoms with Gasteiger partial charge >= 0.3 is 0 Å². The largest absolute Gasteiger partial charge is 0.503 e. The first-order valence-corrected chi connectivity index (χ1v) is 9.96. The molecule has 7 nitrogen and oxygen atoms in total. The summed E-state index contributed by atoms with van der Waals surface area (Å²) in [5.74, 6) is -1.41. The van der Waals surface area contributed by atoms with Gasteiger partial charge in [-0.15, -0.1) is 0 Å². The van der Waals surface area contributed by atoms with Gasteiger partial charge in [-0.2, -0.15) is 0 Å². The van der Waals surface area contributed by atoms with Gasteiger partial charge in [0.05, 0.1) is 29.2 Å². The standard InChI is InChI=1S/C24H18FN3O4/c1-13-6-11-18(32-13)22(29)20-21(14-7-9-15(25)10-8-14)28(24(31)23(20)30)12-19-26-16-4-2-3-5-17(16)27-19/h2-11,21,30H,12H2,1H3,(H,26,27). The minimum absolute atomic E-state index is 0.00752. The number of aromatic amines is 1. The molecule has 160 valence electrons. The molecule has 0 saturated heterocycles. The predicted octanol–water partition coefficient (Wildman–Crippen LogP) is 4.38. The number of halogens is 1. The lowest BCUT2D eigenvalue weighted by molar-refractivity contribution is -0.130. The summed E-state index contributed by atoms with van der Waals surface area (Å²) in [5, 5.41) is 10.7. The Labute approximate surface area is 181 Å². The predicted molar refractivity (Wildman–Crippen MR) is 113 cm³/mol. The third-order valence-electron chi connectivity index (χ3n) is 5.46. The highest BCUT2D eigenvalue weighted by Crippen LogP contribution is 2.40. The maximum atomic E-state index is 13.6. The number of nitrogens with zero attached hydrogens (tertiary/aromatic N) is 2. The third kappa shape index (κ3) is 3.26. The molecule has 3 heterocycles. The molecule has 32 heavy (non-hydrogen) atoms. The zero-order valence-electron chi connectivity index (χ0n) is 17.0. The van der Waals surface area contributed by atoms with Crippen molar-refractivity contribution in [3.63, 3.8) is 0 Å². The van der Waals surface area contributed by atoms with Crippen molar-refractivity contribution in [1.82, 2.24) is 14.9 Å². The Balaban J connectivity index is 1.58. The lowest BCUT2D eigenvalue weighted by atomic mass is 9.95. The molecule has 0 bridgehead atoms. The van der Waals surface area contributed by atoms with Crippen LogP contribution in [0.2, 0.25) is 0 Å². The summed E-state index contributed by atoms with van der Waals surface area (Å²) in [6.07, 6.45) is 0. The lowest BCUT2D eigenvalue weighted by Gasteiger charge is -2.25. The molecular weight excluding hydrogens is 413 g/mol. The Morgan fingerprint density at radius 2 is 1.91 bits per heavy atom. The van der Waals surface area contributed by atoms with Crippen molar-refractivity contribution in [3.05, 3.63) is 101 Å². The zero-order valence-corrected chi connectivity index (χ0v) is 17.0. The average Bonchev–Trinajstić information content (AvgIpc) is 3.46. The summed E-state index contributed by atoms with van der Waals surface area (Å²) in [6.45, 7) is 1.70. The zero-order chi connectivity index (χ0) is 22.4. The number of hydrogen-bond donors (Lipinski definition) is 2. The van der Waals surface area contributed by atoms with Gasteiger partial charge in [0.15, 0.2) is 11.5 Å². The molecule has 0 fully saturated rings. The van der Waals surface area contributed by atoms with Crippen LogP contribution in [-0.4, -0.2) is 31.7 Å². The van der Waals surface area contributed by atoms with Crippen molar-refractivity contribution in [2.24, 2.45) is 0 Å². The van der Waals surface area contributed by atoms with Crippen LogP contribution in [0.1, 0.15) is 33.7 Å². The molecule has 4 aromatic rings. The molecule has 0 aliphatic carbocycles. The fourth-order valence-corrected chi connectivity index (χ4v) is 3.97. The second kappa shape index (κ2) is 7.49. The van der Waals surface area contributed by atoms with Gasteiger partial charge in [0.25, 0.3) is 5.91 Å². The fourth-order valence-electron chi connectivity index (χ4n) is 3.97. The highest BCUT2D eigenvalue weighted by Gasteiger charge is 2.44. The van der Waals surface area contributed by atoms with Crippen molar-refractivity contribution in [2.75, 3.05) is 0 Å². The number of aliphatic hydroxyl groups excluding tert-OH is 1. The van der Waals surface area contributed by atoms with E-state index in [1.54, 1.807) is 13.0 Å². The van der Waals surface area contributed by atoms with E-state index in [2.05, 4.69) is 9.97 Å². The number of para-hydroxylation sites is 2. The van der Waals surface area contributed by atoms with Crippen LogP contribution >= 0.6 is 0 Å².